The molecule has 0 bridgehead atoms. The summed E-state index contributed by atoms with van der Waals surface area (Å²) in [5.41, 5.74) is 0.654. The van der Waals surface area contributed by atoms with E-state index in [-0.39, 0.29) is 22.9 Å². The number of rotatable bonds is 6. The molecule has 0 radical (unpaired) electrons. The standard InChI is InChI=1S/C22H16ClN3O5/c1-13-9-20(26-31-13)25-21(27)16(12-24)10-14-3-8-18(19(11-14)29-2)30-22(28)15-4-6-17(23)7-5-15/h3-11H,1-2H3,(H,25,26,27)/b16-10-. The Morgan fingerprint density at radius 2 is 1.90 bits per heavy atom. The maximum Gasteiger partial charge on any atom is 0.343 e. The van der Waals surface area contributed by atoms with Gasteiger partial charge in [-0.05, 0) is 55.0 Å². The number of amides is 1. The molecule has 9 heteroatoms. The molecule has 3 rings (SSSR count). The van der Waals surface area contributed by atoms with Crippen molar-refractivity contribution in [2.24, 2.45) is 0 Å². The highest BCUT2D eigenvalue weighted by Crippen LogP contribution is 2.30. The van der Waals surface area contributed by atoms with E-state index in [0.29, 0.717) is 21.9 Å². The minimum atomic E-state index is -0.645. The minimum Gasteiger partial charge on any atom is -0.493 e. The van der Waals surface area contributed by atoms with Gasteiger partial charge in [-0.25, -0.2) is 4.79 Å². The molecule has 0 atom stereocenters. The number of nitrogens with one attached hydrogen (secondary N) is 1. The molecular formula is C22H16ClN3O5. The van der Waals surface area contributed by atoms with Gasteiger partial charge >= 0.3 is 5.97 Å². The van der Waals surface area contributed by atoms with E-state index in [9.17, 15) is 14.9 Å². The molecular weight excluding hydrogens is 422 g/mol. The van der Waals surface area contributed by atoms with Crippen LogP contribution in [-0.2, 0) is 4.79 Å². The predicted molar refractivity (Wildman–Crippen MR) is 113 cm³/mol. The van der Waals surface area contributed by atoms with Crippen molar-refractivity contribution >= 4 is 35.4 Å². The minimum absolute atomic E-state index is 0.159. The largest absolute Gasteiger partial charge is 0.493 e. The molecule has 3 aromatic rings. The normalized spacial score (nSPS) is 10.8. The Bertz CT molecular complexity index is 1190. The molecule has 0 aliphatic carbocycles. The zero-order valence-corrected chi connectivity index (χ0v) is 17.3. The van der Waals surface area contributed by atoms with Gasteiger partial charge in [0.1, 0.15) is 17.4 Å². The number of carbonyl (C=O) groups excluding carboxylic acids is 2. The van der Waals surface area contributed by atoms with Crippen LogP contribution < -0.4 is 14.8 Å². The third-order valence-electron chi connectivity index (χ3n) is 4.02. The monoisotopic (exact) mass is 437 g/mol. The van der Waals surface area contributed by atoms with Crippen molar-refractivity contribution in [2.45, 2.75) is 6.92 Å². The zero-order chi connectivity index (χ0) is 22.4. The Kier molecular flexibility index (Phi) is 6.70. The van der Waals surface area contributed by atoms with Gasteiger partial charge in [-0.3, -0.25) is 4.79 Å². The van der Waals surface area contributed by atoms with Crippen molar-refractivity contribution in [1.82, 2.24) is 5.16 Å². The molecule has 31 heavy (non-hydrogen) atoms. The van der Waals surface area contributed by atoms with Crippen molar-refractivity contribution in [1.29, 1.82) is 5.26 Å². The van der Waals surface area contributed by atoms with Crippen LogP contribution in [-0.4, -0.2) is 24.1 Å². The zero-order valence-electron chi connectivity index (χ0n) is 16.5. The van der Waals surface area contributed by atoms with Gasteiger partial charge in [-0.15, -0.1) is 0 Å². The molecule has 1 amide bonds. The van der Waals surface area contributed by atoms with Crippen molar-refractivity contribution in [3.8, 4) is 17.6 Å². The highest BCUT2D eigenvalue weighted by Gasteiger charge is 2.15. The SMILES string of the molecule is COc1cc(/C=C(/C#N)C(=O)Nc2cc(C)on2)ccc1OC(=O)c1ccc(Cl)cc1. The first kappa shape index (κ1) is 21.6. The van der Waals surface area contributed by atoms with Gasteiger partial charge in [0.2, 0.25) is 0 Å². The number of anilines is 1. The van der Waals surface area contributed by atoms with Gasteiger partial charge in [-0.1, -0.05) is 22.8 Å². The molecule has 0 spiro atoms. The topological polar surface area (TPSA) is 114 Å². The molecule has 2 aromatic carbocycles. The summed E-state index contributed by atoms with van der Waals surface area (Å²) in [7, 11) is 1.41. The fraction of sp³-hybridized carbons (Fsp3) is 0.0909. The Labute approximate surface area is 182 Å². The second kappa shape index (κ2) is 9.61. The number of aromatic nitrogens is 1. The lowest BCUT2D eigenvalue weighted by Gasteiger charge is -2.10. The molecule has 8 nitrogen and oxygen atoms in total. The van der Waals surface area contributed by atoms with E-state index < -0.39 is 11.9 Å². The second-order valence-corrected chi connectivity index (χ2v) is 6.69. The molecule has 1 N–H and O–H groups in total. The molecule has 0 saturated heterocycles. The fourth-order valence-electron chi connectivity index (χ4n) is 2.53. The maximum absolute atomic E-state index is 12.3. The Balaban J connectivity index is 1.79. The lowest BCUT2D eigenvalue weighted by molar-refractivity contribution is -0.112. The second-order valence-electron chi connectivity index (χ2n) is 6.25. The number of hydrogen-bond donors (Lipinski definition) is 1. The summed E-state index contributed by atoms with van der Waals surface area (Å²) in [6.07, 6.45) is 1.37. The average Bonchev–Trinajstić information content (AvgIpc) is 3.17. The van der Waals surface area contributed by atoms with E-state index in [0.717, 1.165) is 0 Å². The smallest absolute Gasteiger partial charge is 0.343 e. The van der Waals surface area contributed by atoms with Gasteiger partial charge in [0.05, 0.1) is 12.7 Å². The number of methoxy groups -OCH3 is 1. The number of nitriles is 1. The number of halogens is 1. The lowest BCUT2D eigenvalue weighted by Crippen LogP contribution is -2.13. The van der Waals surface area contributed by atoms with Crippen LogP contribution in [0.2, 0.25) is 5.02 Å². The molecule has 1 heterocycles. The van der Waals surface area contributed by atoms with Crippen LogP contribution >= 0.6 is 11.6 Å². The lowest BCUT2D eigenvalue weighted by atomic mass is 10.1. The molecule has 0 saturated carbocycles. The summed E-state index contributed by atoms with van der Waals surface area (Å²) in [5, 5.41) is 16.0. The summed E-state index contributed by atoms with van der Waals surface area (Å²) in [6, 6.07) is 14.2. The van der Waals surface area contributed by atoms with Gasteiger partial charge in [0, 0.05) is 11.1 Å². The molecule has 0 aliphatic rings. The Morgan fingerprint density at radius 1 is 1.16 bits per heavy atom. The molecule has 0 fully saturated rings. The summed E-state index contributed by atoms with van der Waals surface area (Å²) in [5.74, 6) is -0.0789. The summed E-state index contributed by atoms with van der Waals surface area (Å²) < 4.78 is 15.5. The van der Waals surface area contributed by atoms with Crippen LogP contribution in [0.3, 0.4) is 0 Å². The van der Waals surface area contributed by atoms with E-state index in [1.165, 1.54) is 31.4 Å². The average molecular weight is 438 g/mol. The first-order chi connectivity index (χ1) is 14.9. The van der Waals surface area contributed by atoms with E-state index in [4.69, 9.17) is 25.6 Å². The van der Waals surface area contributed by atoms with E-state index in [1.54, 1.807) is 37.3 Å². The van der Waals surface area contributed by atoms with Crippen LogP contribution in [0, 0.1) is 18.3 Å². The number of benzene rings is 2. The number of ether oxygens (including phenoxy) is 2. The van der Waals surface area contributed by atoms with E-state index >= 15 is 0 Å². The van der Waals surface area contributed by atoms with Gasteiger partial charge in [-0.2, -0.15) is 5.26 Å². The molecule has 0 aliphatic heterocycles. The van der Waals surface area contributed by atoms with Crippen molar-refractivity contribution in [2.75, 3.05) is 12.4 Å². The third kappa shape index (κ3) is 5.50. The predicted octanol–water partition coefficient (Wildman–Crippen LogP) is 4.41. The number of hydrogen-bond acceptors (Lipinski definition) is 7. The molecule has 156 valence electrons. The number of carbonyl (C=O) groups is 2. The van der Waals surface area contributed by atoms with Crippen molar-refractivity contribution < 1.29 is 23.6 Å². The maximum atomic E-state index is 12.3. The summed E-state index contributed by atoms with van der Waals surface area (Å²) in [4.78, 5) is 24.6. The molecule has 0 unspecified atom stereocenters. The van der Waals surface area contributed by atoms with Crippen LogP contribution in [0.1, 0.15) is 21.7 Å². The summed E-state index contributed by atoms with van der Waals surface area (Å²) >= 11 is 5.83. The Hall–Kier alpha value is -4.09. The van der Waals surface area contributed by atoms with Crippen LogP contribution in [0.4, 0.5) is 5.82 Å². The van der Waals surface area contributed by atoms with Crippen LogP contribution in [0.25, 0.3) is 6.08 Å². The third-order valence-corrected chi connectivity index (χ3v) is 4.27. The van der Waals surface area contributed by atoms with Crippen molar-refractivity contribution in [3.05, 3.63) is 76.0 Å². The highest BCUT2D eigenvalue weighted by atomic mass is 35.5. The highest BCUT2D eigenvalue weighted by molar-refractivity contribution is 6.30. The van der Waals surface area contributed by atoms with Crippen LogP contribution in [0.5, 0.6) is 11.5 Å². The number of aryl methyl sites for hydroxylation is 1. The van der Waals surface area contributed by atoms with E-state index in [2.05, 4.69) is 10.5 Å². The molecule has 1 aromatic heterocycles. The summed E-state index contributed by atoms with van der Waals surface area (Å²) in [6.45, 7) is 1.68. The number of nitrogens with zero attached hydrogens (tertiary/aromatic N) is 2. The van der Waals surface area contributed by atoms with Gasteiger partial charge in [0.15, 0.2) is 17.3 Å². The Morgan fingerprint density at radius 3 is 2.52 bits per heavy atom. The van der Waals surface area contributed by atoms with Crippen molar-refractivity contribution in [3.63, 3.8) is 0 Å². The van der Waals surface area contributed by atoms with Crippen LogP contribution in [0.15, 0.2) is 58.6 Å². The number of esters is 1. The first-order valence-corrected chi connectivity index (χ1v) is 9.29. The van der Waals surface area contributed by atoms with Gasteiger partial charge in [0.25, 0.3) is 5.91 Å². The first-order valence-electron chi connectivity index (χ1n) is 8.92. The quantitative estimate of drug-likeness (QED) is 0.263. The van der Waals surface area contributed by atoms with Gasteiger partial charge < -0.3 is 19.3 Å². The fourth-order valence-corrected chi connectivity index (χ4v) is 2.65. The van der Waals surface area contributed by atoms with E-state index in [1.807, 2.05) is 6.07 Å².